The standard InChI is InChI=1S/C26H26FNO3/c1-2-28(23-14-7-10-19-9-3-4-13-22(19)23)24(29)18-31-25(30)26(15-5-6-16-26)20-11-8-12-21(27)17-20/h3-4,7-14,17H,2,5-6,15-16,18H2,1H3. The normalized spacial score (nSPS) is 15.0. The summed E-state index contributed by atoms with van der Waals surface area (Å²) in [6, 6.07) is 19.8. The number of hydrogen-bond donors (Lipinski definition) is 0. The van der Waals surface area contributed by atoms with E-state index in [2.05, 4.69) is 0 Å². The number of carbonyl (C=O) groups excluding carboxylic acids is 2. The van der Waals surface area contributed by atoms with E-state index in [1.807, 2.05) is 49.4 Å². The fourth-order valence-electron chi connectivity index (χ4n) is 4.64. The van der Waals surface area contributed by atoms with Gasteiger partial charge in [0, 0.05) is 11.9 Å². The third-order valence-corrected chi connectivity index (χ3v) is 6.23. The number of hydrogen-bond acceptors (Lipinski definition) is 3. The van der Waals surface area contributed by atoms with Gasteiger partial charge in [-0.25, -0.2) is 4.39 Å². The summed E-state index contributed by atoms with van der Waals surface area (Å²) >= 11 is 0. The lowest BCUT2D eigenvalue weighted by Gasteiger charge is -2.28. The first-order valence-electron chi connectivity index (χ1n) is 10.8. The summed E-state index contributed by atoms with van der Waals surface area (Å²) in [5.74, 6) is -1.10. The molecule has 0 heterocycles. The highest BCUT2D eigenvalue weighted by Crippen LogP contribution is 2.42. The van der Waals surface area contributed by atoms with Crippen molar-refractivity contribution >= 4 is 28.3 Å². The van der Waals surface area contributed by atoms with Crippen molar-refractivity contribution in [3.8, 4) is 0 Å². The minimum absolute atomic E-state index is 0.278. The summed E-state index contributed by atoms with van der Waals surface area (Å²) in [7, 11) is 0. The first-order valence-corrected chi connectivity index (χ1v) is 10.8. The molecule has 0 N–H and O–H groups in total. The Morgan fingerprint density at radius 3 is 2.45 bits per heavy atom. The number of ether oxygens (including phenoxy) is 1. The van der Waals surface area contributed by atoms with E-state index in [1.165, 1.54) is 12.1 Å². The first kappa shape index (κ1) is 21.0. The molecule has 5 heteroatoms. The Balaban J connectivity index is 1.53. The summed E-state index contributed by atoms with van der Waals surface area (Å²) in [6.45, 7) is 2.01. The zero-order chi connectivity index (χ0) is 21.8. The molecule has 4 rings (SSSR count). The Kier molecular flexibility index (Phi) is 6.03. The van der Waals surface area contributed by atoms with Crippen LogP contribution in [-0.4, -0.2) is 25.0 Å². The summed E-state index contributed by atoms with van der Waals surface area (Å²) in [4.78, 5) is 27.8. The molecule has 160 valence electrons. The van der Waals surface area contributed by atoms with Gasteiger partial charge in [0.15, 0.2) is 6.61 Å². The molecule has 4 nitrogen and oxygen atoms in total. The Morgan fingerprint density at radius 1 is 1.00 bits per heavy atom. The van der Waals surface area contributed by atoms with Gasteiger partial charge in [0.25, 0.3) is 5.91 Å². The molecule has 0 aromatic heterocycles. The number of fused-ring (bicyclic) bond motifs is 1. The molecule has 31 heavy (non-hydrogen) atoms. The molecule has 3 aromatic carbocycles. The van der Waals surface area contributed by atoms with E-state index in [0.717, 1.165) is 29.3 Å². The van der Waals surface area contributed by atoms with Gasteiger partial charge in [0.1, 0.15) is 5.82 Å². The molecule has 0 unspecified atom stereocenters. The molecule has 0 radical (unpaired) electrons. The van der Waals surface area contributed by atoms with Crippen LogP contribution in [0, 0.1) is 5.82 Å². The molecule has 0 spiro atoms. The van der Waals surface area contributed by atoms with Crippen LogP contribution in [-0.2, 0) is 19.7 Å². The summed E-state index contributed by atoms with van der Waals surface area (Å²) in [5.41, 5.74) is 0.546. The number of amides is 1. The monoisotopic (exact) mass is 419 g/mol. The second-order valence-corrected chi connectivity index (χ2v) is 8.01. The lowest BCUT2D eigenvalue weighted by atomic mass is 9.79. The molecule has 1 amide bonds. The van der Waals surface area contributed by atoms with Crippen molar-refractivity contribution in [1.29, 1.82) is 0 Å². The van der Waals surface area contributed by atoms with Crippen LogP contribution >= 0.6 is 0 Å². The number of benzene rings is 3. The van der Waals surface area contributed by atoms with Crippen molar-refractivity contribution in [2.75, 3.05) is 18.1 Å². The number of carbonyl (C=O) groups is 2. The Morgan fingerprint density at radius 2 is 1.71 bits per heavy atom. The van der Waals surface area contributed by atoms with Crippen LogP contribution in [0.4, 0.5) is 10.1 Å². The summed E-state index contributed by atoms with van der Waals surface area (Å²) in [6.07, 6.45) is 2.95. The Labute approximate surface area is 181 Å². The lowest BCUT2D eigenvalue weighted by molar-refractivity contribution is -0.153. The number of halogens is 1. The van der Waals surface area contributed by atoms with Crippen LogP contribution in [0.15, 0.2) is 66.7 Å². The van der Waals surface area contributed by atoms with Gasteiger partial charge < -0.3 is 9.64 Å². The molecule has 1 saturated carbocycles. The van der Waals surface area contributed by atoms with Crippen molar-refractivity contribution in [1.82, 2.24) is 0 Å². The van der Waals surface area contributed by atoms with Gasteiger partial charge in [-0.05, 0) is 48.9 Å². The van der Waals surface area contributed by atoms with E-state index >= 15 is 0 Å². The average molecular weight is 419 g/mol. The topological polar surface area (TPSA) is 46.6 Å². The van der Waals surface area contributed by atoms with E-state index < -0.39 is 11.4 Å². The molecular weight excluding hydrogens is 393 g/mol. The minimum atomic E-state index is -0.876. The smallest absolute Gasteiger partial charge is 0.317 e. The Bertz CT molecular complexity index is 1100. The second kappa shape index (κ2) is 8.88. The highest BCUT2D eigenvalue weighted by Gasteiger charge is 2.44. The maximum Gasteiger partial charge on any atom is 0.317 e. The molecule has 0 saturated heterocycles. The van der Waals surface area contributed by atoms with E-state index in [1.54, 1.807) is 17.0 Å². The zero-order valence-electron chi connectivity index (χ0n) is 17.6. The summed E-state index contributed by atoms with van der Waals surface area (Å²) < 4.78 is 19.4. The highest BCUT2D eigenvalue weighted by molar-refractivity contribution is 6.04. The van der Waals surface area contributed by atoms with E-state index in [4.69, 9.17) is 4.74 Å². The second-order valence-electron chi connectivity index (χ2n) is 8.01. The van der Waals surface area contributed by atoms with Crippen molar-refractivity contribution < 1.29 is 18.7 Å². The van der Waals surface area contributed by atoms with Crippen LogP contribution in [0.25, 0.3) is 10.8 Å². The van der Waals surface area contributed by atoms with Gasteiger partial charge in [0.05, 0.1) is 11.1 Å². The van der Waals surface area contributed by atoms with Crippen LogP contribution < -0.4 is 4.90 Å². The van der Waals surface area contributed by atoms with Gasteiger partial charge in [0.2, 0.25) is 0 Å². The largest absolute Gasteiger partial charge is 0.455 e. The van der Waals surface area contributed by atoms with Crippen LogP contribution in [0.5, 0.6) is 0 Å². The highest BCUT2D eigenvalue weighted by atomic mass is 19.1. The predicted octanol–water partition coefficient (Wildman–Crippen LogP) is 5.39. The number of anilines is 1. The zero-order valence-corrected chi connectivity index (χ0v) is 17.6. The maximum atomic E-state index is 13.8. The first-order chi connectivity index (χ1) is 15.0. The number of likely N-dealkylation sites (N-methyl/N-ethyl adjacent to an activating group) is 1. The Hall–Kier alpha value is -3.21. The van der Waals surface area contributed by atoms with Gasteiger partial charge in [-0.2, -0.15) is 0 Å². The van der Waals surface area contributed by atoms with Gasteiger partial charge in [-0.1, -0.05) is 61.4 Å². The van der Waals surface area contributed by atoms with Crippen LogP contribution in [0.3, 0.4) is 0 Å². The molecule has 0 atom stereocenters. The molecule has 1 aliphatic rings. The number of nitrogens with zero attached hydrogens (tertiary/aromatic N) is 1. The fraction of sp³-hybridized carbons (Fsp3) is 0.308. The van der Waals surface area contributed by atoms with E-state index in [0.29, 0.717) is 24.9 Å². The van der Waals surface area contributed by atoms with Crippen LogP contribution in [0.1, 0.15) is 38.2 Å². The van der Waals surface area contributed by atoms with E-state index in [-0.39, 0.29) is 18.3 Å². The maximum absolute atomic E-state index is 13.8. The van der Waals surface area contributed by atoms with Crippen molar-refractivity contribution in [2.45, 2.75) is 38.0 Å². The van der Waals surface area contributed by atoms with E-state index in [9.17, 15) is 14.0 Å². The molecule has 3 aromatic rings. The van der Waals surface area contributed by atoms with Crippen molar-refractivity contribution in [3.63, 3.8) is 0 Å². The van der Waals surface area contributed by atoms with Gasteiger partial charge in [-0.3, -0.25) is 9.59 Å². The molecule has 1 fully saturated rings. The average Bonchev–Trinajstić information content (AvgIpc) is 3.29. The number of rotatable bonds is 6. The number of esters is 1. The molecule has 1 aliphatic carbocycles. The molecule has 0 aliphatic heterocycles. The molecule has 0 bridgehead atoms. The van der Waals surface area contributed by atoms with Crippen molar-refractivity contribution in [3.05, 3.63) is 78.1 Å². The van der Waals surface area contributed by atoms with Gasteiger partial charge >= 0.3 is 5.97 Å². The fourth-order valence-corrected chi connectivity index (χ4v) is 4.64. The third kappa shape index (κ3) is 4.05. The van der Waals surface area contributed by atoms with Crippen molar-refractivity contribution in [2.24, 2.45) is 0 Å². The predicted molar refractivity (Wildman–Crippen MR) is 119 cm³/mol. The third-order valence-electron chi connectivity index (χ3n) is 6.23. The quantitative estimate of drug-likeness (QED) is 0.504. The minimum Gasteiger partial charge on any atom is -0.455 e. The lowest BCUT2D eigenvalue weighted by Crippen LogP contribution is -2.39. The van der Waals surface area contributed by atoms with Crippen LogP contribution in [0.2, 0.25) is 0 Å². The summed E-state index contributed by atoms with van der Waals surface area (Å²) in [5, 5.41) is 2.01. The molecular formula is C26H26FNO3. The SMILES string of the molecule is CCN(C(=O)COC(=O)C1(c2cccc(F)c2)CCCC1)c1cccc2ccccc12. The van der Waals surface area contributed by atoms with Gasteiger partial charge in [-0.15, -0.1) is 0 Å².